The van der Waals surface area contributed by atoms with Crippen molar-refractivity contribution in [3.63, 3.8) is 0 Å². The second-order valence-electron chi connectivity index (χ2n) is 7.61. The Labute approximate surface area is 170 Å². The van der Waals surface area contributed by atoms with Crippen LogP contribution in [-0.2, 0) is 9.59 Å². The van der Waals surface area contributed by atoms with Gasteiger partial charge >= 0.3 is 0 Å². The van der Waals surface area contributed by atoms with E-state index in [1.54, 1.807) is 0 Å². The van der Waals surface area contributed by atoms with Gasteiger partial charge in [-0.15, -0.1) is 0 Å². The minimum absolute atomic E-state index is 0.0228. The van der Waals surface area contributed by atoms with Crippen molar-refractivity contribution in [1.29, 1.82) is 0 Å². The number of aromatic nitrogens is 2. The van der Waals surface area contributed by atoms with Crippen molar-refractivity contribution in [3.8, 4) is 0 Å². The summed E-state index contributed by atoms with van der Waals surface area (Å²) < 4.78 is 26.5. The molecule has 158 valence electrons. The summed E-state index contributed by atoms with van der Waals surface area (Å²) in [6.07, 6.45) is 2.77. The standard InChI is InChI=1S/C20H21F2N5O3/c1-10-4-2-3-7-27(10)20-25-17-16(19(30)26-20)12(9-15(28)24-17)18(29)23-11-5-6-13(21)14(22)8-11/h5-6,8,10,12H,2-4,7,9H2,1H3,(H,23,29)(H2,24,25,26,28,30). The van der Waals surface area contributed by atoms with Crippen LogP contribution in [0.25, 0.3) is 0 Å². The number of H-pyrrole nitrogens is 1. The van der Waals surface area contributed by atoms with Crippen molar-refractivity contribution in [3.05, 3.63) is 45.8 Å². The number of carbonyl (C=O) groups is 2. The lowest BCUT2D eigenvalue weighted by molar-refractivity contribution is -0.123. The van der Waals surface area contributed by atoms with E-state index < -0.39 is 34.9 Å². The number of fused-ring (bicyclic) bond motifs is 1. The molecule has 0 aliphatic carbocycles. The molecule has 2 aliphatic rings. The summed E-state index contributed by atoms with van der Waals surface area (Å²) >= 11 is 0. The van der Waals surface area contributed by atoms with Crippen LogP contribution >= 0.6 is 0 Å². The van der Waals surface area contributed by atoms with Gasteiger partial charge in [-0.3, -0.25) is 19.4 Å². The summed E-state index contributed by atoms with van der Waals surface area (Å²) in [6, 6.07) is 3.10. The van der Waals surface area contributed by atoms with Crippen molar-refractivity contribution < 1.29 is 18.4 Å². The molecular weight excluding hydrogens is 396 g/mol. The molecule has 1 aromatic heterocycles. The van der Waals surface area contributed by atoms with Gasteiger partial charge in [-0.2, -0.15) is 4.98 Å². The Bertz CT molecular complexity index is 1070. The van der Waals surface area contributed by atoms with Crippen molar-refractivity contribution in [2.45, 2.75) is 44.6 Å². The van der Waals surface area contributed by atoms with Gasteiger partial charge in [0.05, 0.1) is 11.5 Å². The molecule has 4 rings (SSSR count). The van der Waals surface area contributed by atoms with E-state index in [1.165, 1.54) is 6.07 Å². The molecule has 3 N–H and O–H groups in total. The Morgan fingerprint density at radius 1 is 1.23 bits per heavy atom. The molecule has 1 fully saturated rings. The normalized spacial score (nSPS) is 21.0. The Morgan fingerprint density at radius 2 is 2.03 bits per heavy atom. The summed E-state index contributed by atoms with van der Waals surface area (Å²) in [5.41, 5.74) is -0.448. The Balaban J connectivity index is 1.65. The first-order valence-electron chi connectivity index (χ1n) is 9.80. The number of nitrogens with one attached hydrogen (secondary N) is 3. The summed E-state index contributed by atoms with van der Waals surface area (Å²) in [4.78, 5) is 46.9. The van der Waals surface area contributed by atoms with E-state index in [-0.39, 0.29) is 29.5 Å². The predicted octanol–water partition coefficient (Wildman–Crippen LogP) is 2.49. The minimum atomic E-state index is -1.12. The number of nitrogens with zero attached hydrogens (tertiary/aromatic N) is 2. The van der Waals surface area contributed by atoms with Crippen molar-refractivity contribution in [2.24, 2.45) is 0 Å². The fraction of sp³-hybridized carbons (Fsp3) is 0.400. The lowest BCUT2D eigenvalue weighted by Crippen LogP contribution is -2.42. The number of hydrogen-bond donors (Lipinski definition) is 3. The van der Waals surface area contributed by atoms with Gasteiger partial charge in [0.15, 0.2) is 11.6 Å². The maximum atomic E-state index is 13.4. The second kappa shape index (κ2) is 7.85. The van der Waals surface area contributed by atoms with Crippen LogP contribution in [-0.4, -0.2) is 34.4 Å². The molecule has 2 aliphatic heterocycles. The van der Waals surface area contributed by atoms with E-state index in [1.807, 2.05) is 11.8 Å². The fourth-order valence-corrected chi connectivity index (χ4v) is 3.94. The van der Waals surface area contributed by atoms with Crippen LogP contribution in [0.2, 0.25) is 0 Å². The number of piperidine rings is 1. The van der Waals surface area contributed by atoms with E-state index in [0.29, 0.717) is 5.95 Å². The third-order valence-corrected chi connectivity index (χ3v) is 5.52. The highest BCUT2D eigenvalue weighted by atomic mass is 19.2. The maximum Gasteiger partial charge on any atom is 0.258 e. The smallest absolute Gasteiger partial charge is 0.258 e. The van der Waals surface area contributed by atoms with Crippen LogP contribution in [0.15, 0.2) is 23.0 Å². The average molecular weight is 417 g/mol. The third kappa shape index (κ3) is 3.77. The first-order chi connectivity index (χ1) is 14.3. The summed E-state index contributed by atoms with van der Waals surface area (Å²) in [5.74, 6) is -4.00. The first kappa shape index (κ1) is 20.0. The zero-order valence-electron chi connectivity index (χ0n) is 16.3. The molecule has 30 heavy (non-hydrogen) atoms. The number of hydrogen-bond acceptors (Lipinski definition) is 5. The molecule has 1 saturated heterocycles. The van der Waals surface area contributed by atoms with Gasteiger partial charge in [-0.05, 0) is 38.3 Å². The SMILES string of the molecule is CC1CCCCN1c1nc2c(c(=O)[nH]1)C(C(=O)Nc1ccc(F)c(F)c1)CC(=O)N2. The van der Waals surface area contributed by atoms with Crippen LogP contribution in [0.1, 0.15) is 44.1 Å². The van der Waals surface area contributed by atoms with E-state index in [9.17, 15) is 23.2 Å². The lowest BCUT2D eigenvalue weighted by Gasteiger charge is -2.34. The molecule has 8 nitrogen and oxygen atoms in total. The highest BCUT2D eigenvalue weighted by Crippen LogP contribution is 2.31. The molecule has 0 saturated carbocycles. The summed E-state index contributed by atoms with van der Waals surface area (Å²) in [7, 11) is 0. The van der Waals surface area contributed by atoms with Crippen LogP contribution in [0.4, 0.5) is 26.2 Å². The topological polar surface area (TPSA) is 107 Å². The number of halogens is 2. The fourth-order valence-electron chi connectivity index (χ4n) is 3.94. The largest absolute Gasteiger partial charge is 0.340 e. The van der Waals surface area contributed by atoms with E-state index in [0.717, 1.165) is 37.9 Å². The van der Waals surface area contributed by atoms with Crippen LogP contribution < -0.4 is 21.1 Å². The van der Waals surface area contributed by atoms with Crippen LogP contribution in [0, 0.1) is 11.6 Å². The zero-order chi connectivity index (χ0) is 21.4. The molecule has 2 unspecified atom stereocenters. The molecule has 1 aromatic carbocycles. The quantitative estimate of drug-likeness (QED) is 0.711. The molecule has 3 heterocycles. The molecule has 2 aromatic rings. The minimum Gasteiger partial charge on any atom is -0.340 e. The van der Waals surface area contributed by atoms with Crippen molar-refractivity contribution >= 4 is 29.3 Å². The van der Waals surface area contributed by atoms with Gasteiger partial charge in [0.25, 0.3) is 5.56 Å². The Hall–Kier alpha value is -3.30. The molecule has 2 amide bonds. The molecule has 2 atom stereocenters. The average Bonchev–Trinajstić information content (AvgIpc) is 2.70. The van der Waals surface area contributed by atoms with Gasteiger partial charge in [-0.25, -0.2) is 8.78 Å². The van der Waals surface area contributed by atoms with Crippen molar-refractivity contribution in [1.82, 2.24) is 9.97 Å². The molecule has 10 heteroatoms. The summed E-state index contributed by atoms with van der Waals surface area (Å²) in [5, 5.41) is 5.01. The predicted molar refractivity (Wildman–Crippen MR) is 106 cm³/mol. The van der Waals surface area contributed by atoms with Gasteiger partial charge in [0.1, 0.15) is 5.82 Å². The number of aromatic amines is 1. The van der Waals surface area contributed by atoms with Crippen molar-refractivity contribution in [2.75, 3.05) is 22.1 Å². The Morgan fingerprint density at radius 3 is 2.77 bits per heavy atom. The van der Waals surface area contributed by atoms with Gasteiger partial charge in [0, 0.05) is 30.8 Å². The van der Waals surface area contributed by atoms with Gasteiger partial charge < -0.3 is 15.5 Å². The summed E-state index contributed by atoms with van der Waals surface area (Å²) in [6.45, 7) is 2.77. The molecule has 0 bridgehead atoms. The van der Waals surface area contributed by atoms with Crippen LogP contribution in [0.5, 0.6) is 0 Å². The van der Waals surface area contributed by atoms with Gasteiger partial charge in [0.2, 0.25) is 17.8 Å². The second-order valence-corrected chi connectivity index (χ2v) is 7.61. The zero-order valence-corrected chi connectivity index (χ0v) is 16.3. The third-order valence-electron chi connectivity index (χ3n) is 5.52. The number of anilines is 3. The van der Waals surface area contributed by atoms with E-state index in [2.05, 4.69) is 20.6 Å². The number of amides is 2. The number of rotatable bonds is 3. The number of benzene rings is 1. The van der Waals surface area contributed by atoms with Gasteiger partial charge in [-0.1, -0.05) is 0 Å². The highest BCUT2D eigenvalue weighted by molar-refractivity contribution is 6.04. The maximum absolute atomic E-state index is 13.4. The van der Waals surface area contributed by atoms with Crippen LogP contribution in [0.3, 0.4) is 0 Å². The molecule has 0 radical (unpaired) electrons. The molecular formula is C20H21F2N5O3. The highest BCUT2D eigenvalue weighted by Gasteiger charge is 2.35. The number of carbonyl (C=O) groups excluding carboxylic acids is 2. The first-order valence-corrected chi connectivity index (χ1v) is 9.80. The lowest BCUT2D eigenvalue weighted by atomic mass is 9.92. The van der Waals surface area contributed by atoms with E-state index in [4.69, 9.17) is 0 Å². The Kier molecular flexibility index (Phi) is 5.23. The van der Waals surface area contributed by atoms with E-state index >= 15 is 0 Å². The monoisotopic (exact) mass is 417 g/mol. The molecule has 0 spiro atoms.